The van der Waals surface area contributed by atoms with E-state index in [1.807, 2.05) is 12.1 Å². The number of hydrogen-bond acceptors (Lipinski definition) is 5. The second-order valence-electron chi connectivity index (χ2n) is 6.35. The molecule has 3 heterocycles. The molecule has 1 N–H and O–H groups in total. The molecule has 0 spiro atoms. The highest BCUT2D eigenvalue weighted by Crippen LogP contribution is 2.30. The molecule has 1 saturated heterocycles. The molecule has 25 heavy (non-hydrogen) atoms. The molecule has 0 atom stereocenters. The summed E-state index contributed by atoms with van der Waals surface area (Å²) in [5.74, 6) is 0.824. The molecule has 0 saturated carbocycles. The summed E-state index contributed by atoms with van der Waals surface area (Å²) >= 11 is 0. The Bertz CT molecular complexity index is 990. The van der Waals surface area contributed by atoms with Gasteiger partial charge in [0.2, 0.25) is 9.84 Å². The SMILES string of the molecule is CN1CCN(c2cc3c(S(=O)(=O)c4ccccc4)c[nH]c3cn2)CC1. The molecule has 0 radical (unpaired) electrons. The minimum atomic E-state index is -3.56. The van der Waals surface area contributed by atoms with Crippen LogP contribution in [0.15, 0.2) is 58.6 Å². The highest BCUT2D eigenvalue weighted by molar-refractivity contribution is 7.91. The number of sulfone groups is 1. The number of aromatic amines is 1. The molecule has 2 aromatic heterocycles. The number of benzene rings is 1. The predicted octanol–water partition coefficient (Wildman–Crippen LogP) is 2.15. The van der Waals surface area contributed by atoms with Gasteiger partial charge in [-0.15, -0.1) is 0 Å². The number of aromatic nitrogens is 2. The average Bonchev–Trinajstić information content (AvgIpc) is 3.07. The summed E-state index contributed by atoms with van der Waals surface area (Å²) in [6.07, 6.45) is 3.27. The molecule has 1 fully saturated rings. The van der Waals surface area contributed by atoms with E-state index in [1.54, 1.807) is 36.7 Å². The summed E-state index contributed by atoms with van der Waals surface area (Å²) in [4.78, 5) is 12.6. The number of rotatable bonds is 3. The Balaban J connectivity index is 1.77. The fourth-order valence-corrected chi connectivity index (χ4v) is 4.58. The van der Waals surface area contributed by atoms with Crippen LogP contribution in [0.5, 0.6) is 0 Å². The lowest BCUT2D eigenvalue weighted by Gasteiger charge is -2.33. The van der Waals surface area contributed by atoms with Crippen molar-refractivity contribution < 1.29 is 8.42 Å². The Morgan fingerprint density at radius 2 is 1.80 bits per heavy atom. The molecular formula is C18H20N4O2S. The highest BCUT2D eigenvalue weighted by Gasteiger charge is 2.23. The maximum Gasteiger partial charge on any atom is 0.208 e. The van der Waals surface area contributed by atoms with Gasteiger partial charge >= 0.3 is 0 Å². The van der Waals surface area contributed by atoms with Crippen LogP contribution in [0.4, 0.5) is 5.82 Å². The van der Waals surface area contributed by atoms with Crippen LogP contribution < -0.4 is 4.90 Å². The minimum Gasteiger partial charge on any atom is -0.359 e. The van der Waals surface area contributed by atoms with E-state index in [1.165, 1.54) is 0 Å². The van der Waals surface area contributed by atoms with Crippen molar-refractivity contribution in [2.24, 2.45) is 0 Å². The zero-order valence-electron chi connectivity index (χ0n) is 14.0. The summed E-state index contributed by atoms with van der Waals surface area (Å²) in [5, 5.41) is 0.688. The van der Waals surface area contributed by atoms with Gasteiger partial charge in [-0.3, -0.25) is 0 Å². The Kier molecular flexibility index (Phi) is 3.97. The lowest BCUT2D eigenvalue weighted by Crippen LogP contribution is -2.44. The number of piperazine rings is 1. The molecular weight excluding hydrogens is 336 g/mol. The molecule has 0 amide bonds. The number of hydrogen-bond donors (Lipinski definition) is 1. The van der Waals surface area contributed by atoms with E-state index >= 15 is 0 Å². The van der Waals surface area contributed by atoms with Gasteiger partial charge in [-0.1, -0.05) is 18.2 Å². The fraction of sp³-hybridized carbons (Fsp3) is 0.278. The van der Waals surface area contributed by atoms with E-state index < -0.39 is 9.84 Å². The van der Waals surface area contributed by atoms with Gasteiger partial charge in [0.05, 0.1) is 21.5 Å². The van der Waals surface area contributed by atoms with Crippen LogP contribution in [0.2, 0.25) is 0 Å². The van der Waals surface area contributed by atoms with Crippen molar-refractivity contribution in [1.29, 1.82) is 0 Å². The van der Waals surface area contributed by atoms with Crippen LogP contribution in [0, 0.1) is 0 Å². The normalized spacial score (nSPS) is 16.4. The topological polar surface area (TPSA) is 69.3 Å². The van der Waals surface area contributed by atoms with E-state index in [0.29, 0.717) is 15.2 Å². The van der Waals surface area contributed by atoms with Crippen LogP contribution in [0.25, 0.3) is 10.9 Å². The quantitative estimate of drug-likeness (QED) is 0.779. The number of fused-ring (bicyclic) bond motifs is 1. The first-order valence-electron chi connectivity index (χ1n) is 8.26. The summed E-state index contributed by atoms with van der Waals surface area (Å²) in [5.41, 5.74) is 0.729. The van der Waals surface area contributed by atoms with Gasteiger partial charge in [0.1, 0.15) is 5.82 Å². The molecule has 3 aromatic rings. The highest BCUT2D eigenvalue weighted by atomic mass is 32.2. The lowest BCUT2D eigenvalue weighted by molar-refractivity contribution is 0.312. The maximum absolute atomic E-state index is 13.0. The first-order valence-corrected chi connectivity index (χ1v) is 9.75. The first-order chi connectivity index (χ1) is 12.1. The Hall–Kier alpha value is -2.38. The van der Waals surface area contributed by atoms with Crippen molar-refractivity contribution in [2.75, 3.05) is 38.1 Å². The van der Waals surface area contributed by atoms with Gasteiger partial charge in [-0.25, -0.2) is 13.4 Å². The third-order valence-corrected chi connectivity index (χ3v) is 6.49. The van der Waals surface area contributed by atoms with Crippen molar-refractivity contribution in [1.82, 2.24) is 14.9 Å². The first kappa shape index (κ1) is 16.1. The standard InChI is InChI=1S/C18H20N4O2S/c1-21-7-9-22(10-8-21)18-11-15-16(12-20-18)19-13-17(15)25(23,24)14-5-3-2-4-6-14/h2-6,11-13,19H,7-10H2,1H3. The van der Waals surface area contributed by atoms with Crippen molar-refractivity contribution in [2.45, 2.75) is 9.79 Å². The predicted molar refractivity (Wildman–Crippen MR) is 97.7 cm³/mol. The maximum atomic E-state index is 13.0. The minimum absolute atomic E-state index is 0.298. The molecule has 1 aliphatic rings. The second kappa shape index (κ2) is 6.16. The number of nitrogens with zero attached hydrogens (tertiary/aromatic N) is 3. The smallest absolute Gasteiger partial charge is 0.208 e. The fourth-order valence-electron chi connectivity index (χ4n) is 3.14. The van der Waals surface area contributed by atoms with Gasteiger partial charge in [-0.2, -0.15) is 0 Å². The van der Waals surface area contributed by atoms with Crippen molar-refractivity contribution in [3.63, 3.8) is 0 Å². The van der Waals surface area contributed by atoms with Crippen LogP contribution >= 0.6 is 0 Å². The number of nitrogens with one attached hydrogen (secondary N) is 1. The third kappa shape index (κ3) is 2.89. The van der Waals surface area contributed by atoms with E-state index in [9.17, 15) is 8.42 Å². The summed E-state index contributed by atoms with van der Waals surface area (Å²) in [6, 6.07) is 10.4. The van der Waals surface area contributed by atoms with Crippen LogP contribution in [0.1, 0.15) is 0 Å². The molecule has 130 valence electrons. The molecule has 0 aliphatic carbocycles. The van der Waals surface area contributed by atoms with E-state index in [-0.39, 0.29) is 0 Å². The van der Waals surface area contributed by atoms with Crippen molar-refractivity contribution >= 4 is 26.6 Å². The van der Waals surface area contributed by atoms with Gasteiger partial charge in [0.15, 0.2) is 0 Å². The van der Waals surface area contributed by atoms with E-state index in [2.05, 4.69) is 26.8 Å². The molecule has 7 heteroatoms. The molecule has 0 unspecified atom stereocenters. The van der Waals surface area contributed by atoms with E-state index in [4.69, 9.17) is 0 Å². The lowest BCUT2D eigenvalue weighted by atomic mass is 10.2. The zero-order valence-corrected chi connectivity index (χ0v) is 14.8. The number of anilines is 1. The Morgan fingerprint density at radius 3 is 2.52 bits per heavy atom. The van der Waals surface area contributed by atoms with Crippen LogP contribution in [-0.2, 0) is 9.84 Å². The second-order valence-corrected chi connectivity index (χ2v) is 8.27. The largest absolute Gasteiger partial charge is 0.359 e. The van der Waals surface area contributed by atoms with Crippen LogP contribution in [0.3, 0.4) is 0 Å². The van der Waals surface area contributed by atoms with Crippen molar-refractivity contribution in [3.8, 4) is 0 Å². The molecule has 6 nitrogen and oxygen atoms in total. The van der Waals surface area contributed by atoms with Crippen molar-refractivity contribution in [3.05, 3.63) is 48.8 Å². The summed E-state index contributed by atoms with van der Waals surface area (Å²) in [6.45, 7) is 3.73. The molecule has 1 aliphatic heterocycles. The monoisotopic (exact) mass is 356 g/mol. The number of H-pyrrole nitrogens is 1. The summed E-state index contributed by atoms with van der Waals surface area (Å²) < 4.78 is 26.0. The Labute approximate surface area is 147 Å². The van der Waals surface area contributed by atoms with E-state index in [0.717, 1.165) is 37.5 Å². The molecule has 0 bridgehead atoms. The number of likely N-dealkylation sites (N-methyl/N-ethyl adjacent to an activating group) is 1. The van der Waals surface area contributed by atoms with Gasteiger partial charge < -0.3 is 14.8 Å². The van der Waals surface area contributed by atoms with Gasteiger partial charge in [0, 0.05) is 37.8 Å². The molecule has 4 rings (SSSR count). The number of pyridine rings is 1. The Morgan fingerprint density at radius 1 is 1.08 bits per heavy atom. The molecule has 1 aromatic carbocycles. The van der Waals surface area contributed by atoms with Crippen LogP contribution in [-0.4, -0.2) is 56.5 Å². The summed E-state index contributed by atoms with van der Waals surface area (Å²) in [7, 11) is -1.46. The average molecular weight is 356 g/mol. The third-order valence-electron chi connectivity index (χ3n) is 4.68. The van der Waals surface area contributed by atoms with Gasteiger partial charge in [0.25, 0.3) is 0 Å². The zero-order chi connectivity index (χ0) is 17.4. The van der Waals surface area contributed by atoms with Gasteiger partial charge in [-0.05, 0) is 25.2 Å².